The fraction of sp³-hybridized carbons (Fsp3) is 0.667. The van der Waals surface area contributed by atoms with E-state index in [4.69, 9.17) is 0 Å². The molecule has 0 spiro atoms. The molecule has 1 fully saturated rings. The van der Waals surface area contributed by atoms with Gasteiger partial charge in [0.25, 0.3) is 0 Å². The van der Waals surface area contributed by atoms with Crippen molar-refractivity contribution >= 4 is 29.9 Å². The number of benzene rings is 1. The van der Waals surface area contributed by atoms with Gasteiger partial charge in [0.1, 0.15) is 5.60 Å². The Kier molecular flexibility index (Phi) is 11.3. The molecule has 1 atom stereocenters. The van der Waals surface area contributed by atoms with E-state index in [0.29, 0.717) is 6.54 Å². The number of aliphatic imine (C=N–C) groups is 1. The summed E-state index contributed by atoms with van der Waals surface area (Å²) in [5.41, 5.74) is -0.0763. The van der Waals surface area contributed by atoms with Crippen molar-refractivity contribution in [3.05, 3.63) is 35.9 Å². The first-order valence-corrected chi connectivity index (χ1v) is 10.0. The molecule has 1 heterocycles. The fourth-order valence-electron chi connectivity index (χ4n) is 3.26. The normalized spacial score (nSPS) is 18.4. The molecule has 2 rings (SSSR count). The Hall–Kier alpha value is -0.860. The molecule has 5 nitrogen and oxygen atoms in total. The smallest absolute Gasteiger partial charge is 0.191 e. The van der Waals surface area contributed by atoms with Crippen LogP contribution in [0.15, 0.2) is 35.3 Å². The van der Waals surface area contributed by atoms with Gasteiger partial charge in [0.05, 0.1) is 6.54 Å². The minimum absolute atomic E-state index is 0. The van der Waals surface area contributed by atoms with Crippen LogP contribution in [0.1, 0.15) is 45.6 Å². The van der Waals surface area contributed by atoms with Crippen molar-refractivity contribution < 1.29 is 5.11 Å². The molecular weight excluding hydrogens is 451 g/mol. The summed E-state index contributed by atoms with van der Waals surface area (Å²) in [6.07, 6.45) is 3.76. The molecule has 0 saturated carbocycles. The van der Waals surface area contributed by atoms with Gasteiger partial charge in [-0.25, -0.2) is 4.99 Å². The SMILES string of the molecule is CCNC(=NCC(C)(O)c1ccccc1)NCCCN1CCC(C)CC1.I. The highest BCUT2D eigenvalue weighted by molar-refractivity contribution is 14.0. The summed E-state index contributed by atoms with van der Waals surface area (Å²) in [6, 6.07) is 9.72. The molecule has 1 aliphatic rings. The van der Waals surface area contributed by atoms with Crippen LogP contribution >= 0.6 is 24.0 Å². The molecular formula is C21H37IN4O. The molecule has 0 bridgehead atoms. The van der Waals surface area contributed by atoms with E-state index in [1.54, 1.807) is 0 Å². The highest BCUT2D eigenvalue weighted by atomic mass is 127. The molecule has 154 valence electrons. The van der Waals surface area contributed by atoms with Gasteiger partial charge >= 0.3 is 0 Å². The predicted octanol–water partition coefficient (Wildman–Crippen LogP) is 3.19. The van der Waals surface area contributed by atoms with E-state index >= 15 is 0 Å². The lowest BCUT2D eigenvalue weighted by molar-refractivity contribution is 0.0672. The summed E-state index contributed by atoms with van der Waals surface area (Å²) in [5, 5.41) is 17.4. The molecule has 0 amide bonds. The molecule has 1 aliphatic heterocycles. The van der Waals surface area contributed by atoms with Crippen LogP contribution in [0.4, 0.5) is 0 Å². The quantitative estimate of drug-likeness (QED) is 0.228. The van der Waals surface area contributed by atoms with E-state index in [-0.39, 0.29) is 24.0 Å². The molecule has 0 aromatic heterocycles. The summed E-state index contributed by atoms with van der Waals surface area (Å²) in [5.74, 6) is 1.66. The summed E-state index contributed by atoms with van der Waals surface area (Å²) in [6.45, 7) is 11.9. The third kappa shape index (κ3) is 8.79. The van der Waals surface area contributed by atoms with Crippen molar-refractivity contribution in [2.45, 2.75) is 45.6 Å². The molecule has 0 radical (unpaired) electrons. The van der Waals surface area contributed by atoms with Gasteiger partial charge in [-0.2, -0.15) is 0 Å². The Labute approximate surface area is 182 Å². The maximum absolute atomic E-state index is 10.7. The highest BCUT2D eigenvalue weighted by Crippen LogP contribution is 2.20. The zero-order valence-electron chi connectivity index (χ0n) is 17.1. The van der Waals surface area contributed by atoms with Gasteiger partial charge in [0, 0.05) is 13.1 Å². The van der Waals surface area contributed by atoms with E-state index in [0.717, 1.165) is 43.5 Å². The second-order valence-electron chi connectivity index (χ2n) is 7.64. The van der Waals surface area contributed by atoms with E-state index in [2.05, 4.69) is 34.4 Å². The number of aliphatic hydroxyl groups is 1. The summed E-state index contributed by atoms with van der Waals surface area (Å²) in [4.78, 5) is 7.15. The molecule has 27 heavy (non-hydrogen) atoms. The lowest BCUT2D eigenvalue weighted by Gasteiger charge is -2.30. The van der Waals surface area contributed by atoms with Gasteiger partial charge < -0.3 is 20.6 Å². The molecule has 1 saturated heterocycles. The third-order valence-corrected chi connectivity index (χ3v) is 5.10. The second kappa shape index (κ2) is 12.6. The molecule has 1 aromatic rings. The number of nitrogens with zero attached hydrogens (tertiary/aromatic N) is 2. The third-order valence-electron chi connectivity index (χ3n) is 5.10. The summed E-state index contributed by atoms with van der Waals surface area (Å²) in [7, 11) is 0. The maximum Gasteiger partial charge on any atom is 0.191 e. The Morgan fingerprint density at radius 3 is 2.52 bits per heavy atom. The lowest BCUT2D eigenvalue weighted by atomic mass is 9.96. The van der Waals surface area contributed by atoms with Crippen molar-refractivity contribution in [2.24, 2.45) is 10.9 Å². The zero-order chi connectivity index (χ0) is 18.8. The number of piperidine rings is 1. The van der Waals surface area contributed by atoms with Crippen LogP contribution in [-0.2, 0) is 5.60 Å². The van der Waals surface area contributed by atoms with Crippen LogP contribution in [0.2, 0.25) is 0 Å². The van der Waals surface area contributed by atoms with Crippen LogP contribution in [0, 0.1) is 5.92 Å². The van der Waals surface area contributed by atoms with E-state index in [9.17, 15) is 5.11 Å². The Morgan fingerprint density at radius 2 is 1.89 bits per heavy atom. The van der Waals surface area contributed by atoms with Crippen molar-refractivity contribution in [1.82, 2.24) is 15.5 Å². The summed E-state index contributed by atoms with van der Waals surface area (Å²) < 4.78 is 0. The highest BCUT2D eigenvalue weighted by Gasteiger charge is 2.22. The fourth-order valence-corrected chi connectivity index (χ4v) is 3.26. The maximum atomic E-state index is 10.7. The largest absolute Gasteiger partial charge is 0.384 e. The monoisotopic (exact) mass is 488 g/mol. The van der Waals surface area contributed by atoms with Gasteiger partial charge in [-0.1, -0.05) is 37.3 Å². The minimum Gasteiger partial charge on any atom is -0.384 e. The number of hydrogen-bond donors (Lipinski definition) is 3. The first-order valence-electron chi connectivity index (χ1n) is 10.0. The second-order valence-corrected chi connectivity index (χ2v) is 7.64. The lowest BCUT2D eigenvalue weighted by Crippen LogP contribution is -2.40. The van der Waals surface area contributed by atoms with Crippen molar-refractivity contribution in [3.63, 3.8) is 0 Å². The van der Waals surface area contributed by atoms with Crippen LogP contribution in [-0.4, -0.2) is 55.2 Å². The van der Waals surface area contributed by atoms with Crippen molar-refractivity contribution in [1.29, 1.82) is 0 Å². The number of hydrogen-bond acceptors (Lipinski definition) is 3. The van der Waals surface area contributed by atoms with Crippen LogP contribution < -0.4 is 10.6 Å². The van der Waals surface area contributed by atoms with Gasteiger partial charge in [-0.3, -0.25) is 0 Å². The first-order chi connectivity index (χ1) is 12.5. The van der Waals surface area contributed by atoms with Crippen LogP contribution in [0.25, 0.3) is 0 Å². The first kappa shape index (κ1) is 24.2. The van der Waals surface area contributed by atoms with Crippen LogP contribution in [0.5, 0.6) is 0 Å². The average molecular weight is 488 g/mol. The van der Waals surface area contributed by atoms with Crippen LogP contribution in [0.3, 0.4) is 0 Å². The Balaban J connectivity index is 0.00000364. The zero-order valence-corrected chi connectivity index (χ0v) is 19.4. The number of guanidine groups is 1. The number of likely N-dealkylation sites (tertiary alicyclic amines) is 1. The Bertz CT molecular complexity index is 542. The predicted molar refractivity (Wildman–Crippen MR) is 125 cm³/mol. The number of nitrogens with one attached hydrogen (secondary N) is 2. The standard InChI is InChI=1S/C21H36N4O.HI/c1-4-22-20(23-13-8-14-25-15-11-18(2)12-16-25)24-17-21(3,26)19-9-6-5-7-10-19;/h5-7,9-10,18,26H,4,8,11-17H2,1-3H3,(H2,22,23,24);1H. The van der Waals surface area contributed by atoms with E-state index in [1.165, 1.54) is 25.9 Å². The summed E-state index contributed by atoms with van der Waals surface area (Å²) >= 11 is 0. The number of rotatable bonds is 8. The molecule has 1 unspecified atom stereocenters. The van der Waals surface area contributed by atoms with E-state index < -0.39 is 5.60 Å². The van der Waals surface area contributed by atoms with Gasteiger partial charge in [-0.05, 0) is 64.2 Å². The van der Waals surface area contributed by atoms with Crippen molar-refractivity contribution in [2.75, 3.05) is 39.3 Å². The average Bonchev–Trinajstić information content (AvgIpc) is 2.65. The number of halogens is 1. The van der Waals surface area contributed by atoms with Crippen molar-refractivity contribution in [3.8, 4) is 0 Å². The van der Waals surface area contributed by atoms with Gasteiger partial charge in [-0.15, -0.1) is 24.0 Å². The molecule has 1 aromatic carbocycles. The molecule has 0 aliphatic carbocycles. The topological polar surface area (TPSA) is 59.9 Å². The molecule has 6 heteroatoms. The van der Waals surface area contributed by atoms with Gasteiger partial charge in [0.2, 0.25) is 0 Å². The van der Waals surface area contributed by atoms with Gasteiger partial charge in [0.15, 0.2) is 5.96 Å². The van der Waals surface area contributed by atoms with E-state index in [1.807, 2.05) is 37.3 Å². The Morgan fingerprint density at radius 1 is 1.22 bits per heavy atom. The minimum atomic E-state index is -0.964. The molecule has 3 N–H and O–H groups in total.